The molecule has 1 fully saturated rings. The molecule has 16 heavy (non-hydrogen) atoms. The molecule has 0 saturated carbocycles. The lowest BCUT2D eigenvalue weighted by molar-refractivity contribution is -0.135. The first kappa shape index (κ1) is 11.1. The Hall–Kier alpha value is -1.36. The molecule has 2 rings (SSSR count). The SMILES string of the molecule is Cc1nccn1CCN1CCNC(C)C1=O. The monoisotopic (exact) mass is 222 g/mol. The molecule has 0 radical (unpaired) electrons. The first-order valence-corrected chi connectivity index (χ1v) is 5.68. The lowest BCUT2D eigenvalue weighted by atomic mass is 10.2. The van der Waals surface area contributed by atoms with Crippen LogP contribution in [0.3, 0.4) is 0 Å². The molecule has 1 aliphatic heterocycles. The third kappa shape index (κ3) is 2.24. The van der Waals surface area contributed by atoms with Crippen LogP contribution in [-0.4, -0.2) is 46.0 Å². The van der Waals surface area contributed by atoms with Gasteiger partial charge in [-0.1, -0.05) is 0 Å². The Bertz CT molecular complexity index is 374. The fourth-order valence-corrected chi connectivity index (χ4v) is 1.98. The van der Waals surface area contributed by atoms with E-state index in [1.54, 1.807) is 6.20 Å². The summed E-state index contributed by atoms with van der Waals surface area (Å²) in [6, 6.07) is -0.0439. The number of rotatable bonds is 3. The fourth-order valence-electron chi connectivity index (χ4n) is 1.98. The number of carbonyl (C=O) groups excluding carboxylic acids is 1. The predicted octanol–water partition coefficient (Wildman–Crippen LogP) is 0.0118. The molecule has 1 amide bonds. The second-order valence-corrected chi connectivity index (χ2v) is 4.17. The standard InChI is InChI=1S/C11H18N4O/c1-9-11(16)15(6-3-12-9)8-7-14-5-4-13-10(14)2/h4-5,9,12H,3,6-8H2,1-2H3. The minimum absolute atomic E-state index is 0.0439. The van der Waals surface area contributed by atoms with Crippen molar-refractivity contribution in [2.75, 3.05) is 19.6 Å². The zero-order chi connectivity index (χ0) is 11.5. The maximum Gasteiger partial charge on any atom is 0.239 e. The van der Waals surface area contributed by atoms with Crippen LogP contribution in [0.4, 0.5) is 0 Å². The topological polar surface area (TPSA) is 50.2 Å². The molecule has 1 saturated heterocycles. The van der Waals surface area contributed by atoms with Crippen LogP contribution < -0.4 is 5.32 Å². The number of aryl methyl sites for hydroxylation is 1. The lowest BCUT2D eigenvalue weighted by Gasteiger charge is -2.31. The molecular weight excluding hydrogens is 204 g/mol. The van der Waals surface area contributed by atoms with Gasteiger partial charge >= 0.3 is 0 Å². The average molecular weight is 222 g/mol. The smallest absolute Gasteiger partial charge is 0.239 e. The number of hydrogen-bond acceptors (Lipinski definition) is 3. The van der Waals surface area contributed by atoms with E-state index < -0.39 is 0 Å². The van der Waals surface area contributed by atoms with Gasteiger partial charge in [-0.15, -0.1) is 0 Å². The third-order valence-electron chi connectivity index (χ3n) is 3.05. The van der Waals surface area contributed by atoms with E-state index in [1.165, 1.54) is 0 Å². The molecule has 0 spiro atoms. The predicted molar refractivity (Wildman–Crippen MR) is 61.0 cm³/mol. The minimum Gasteiger partial charge on any atom is -0.338 e. The van der Waals surface area contributed by atoms with Crippen molar-refractivity contribution in [2.45, 2.75) is 26.4 Å². The van der Waals surface area contributed by atoms with Crippen LogP contribution in [0.15, 0.2) is 12.4 Å². The molecule has 1 aromatic rings. The molecule has 1 aromatic heterocycles. The van der Waals surface area contributed by atoms with Gasteiger partial charge in [0.25, 0.3) is 0 Å². The van der Waals surface area contributed by atoms with E-state index in [0.717, 1.165) is 32.0 Å². The number of nitrogens with zero attached hydrogens (tertiary/aromatic N) is 3. The van der Waals surface area contributed by atoms with E-state index in [9.17, 15) is 4.79 Å². The van der Waals surface area contributed by atoms with Crippen LogP contribution in [0.25, 0.3) is 0 Å². The van der Waals surface area contributed by atoms with E-state index in [4.69, 9.17) is 0 Å². The summed E-state index contributed by atoms with van der Waals surface area (Å²) in [6.45, 7) is 7.16. The molecule has 1 aliphatic rings. The van der Waals surface area contributed by atoms with Crippen LogP contribution in [-0.2, 0) is 11.3 Å². The van der Waals surface area contributed by atoms with Crippen molar-refractivity contribution in [1.29, 1.82) is 0 Å². The van der Waals surface area contributed by atoms with Gasteiger partial charge in [-0.05, 0) is 13.8 Å². The zero-order valence-electron chi connectivity index (χ0n) is 9.81. The van der Waals surface area contributed by atoms with Crippen molar-refractivity contribution in [3.8, 4) is 0 Å². The van der Waals surface area contributed by atoms with Gasteiger partial charge in [0.05, 0.1) is 6.04 Å². The molecule has 5 heteroatoms. The van der Waals surface area contributed by atoms with Crippen molar-refractivity contribution >= 4 is 5.91 Å². The third-order valence-corrected chi connectivity index (χ3v) is 3.05. The molecule has 1 N–H and O–H groups in total. The fraction of sp³-hybridized carbons (Fsp3) is 0.636. The number of imidazole rings is 1. The van der Waals surface area contributed by atoms with Gasteiger partial charge in [0, 0.05) is 38.6 Å². The summed E-state index contributed by atoms with van der Waals surface area (Å²) in [7, 11) is 0. The highest BCUT2D eigenvalue weighted by molar-refractivity contribution is 5.82. The highest BCUT2D eigenvalue weighted by Crippen LogP contribution is 2.02. The highest BCUT2D eigenvalue weighted by atomic mass is 16.2. The first-order chi connectivity index (χ1) is 7.68. The molecule has 0 aromatic carbocycles. The summed E-state index contributed by atoms with van der Waals surface area (Å²) in [6.07, 6.45) is 3.74. The van der Waals surface area contributed by atoms with Crippen molar-refractivity contribution in [3.63, 3.8) is 0 Å². The molecule has 1 unspecified atom stereocenters. The Kier molecular flexibility index (Phi) is 3.24. The van der Waals surface area contributed by atoms with Gasteiger partial charge in [0.15, 0.2) is 0 Å². The maximum atomic E-state index is 11.8. The summed E-state index contributed by atoms with van der Waals surface area (Å²) >= 11 is 0. The summed E-state index contributed by atoms with van der Waals surface area (Å²) in [5, 5.41) is 3.16. The molecule has 88 valence electrons. The average Bonchev–Trinajstić information content (AvgIpc) is 2.67. The van der Waals surface area contributed by atoms with Crippen LogP contribution in [0.5, 0.6) is 0 Å². The molecule has 2 heterocycles. The lowest BCUT2D eigenvalue weighted by Crippen LogP contribution is -2.54. The van der Waals surface area contributed by atoms with Gasteiger partial charge in [0.2, 0.25) is 5.91 Å². The van der Waals surface area contributed by atoms with Gasteiger partial charge in [-0.3, -0.25) is 4.79 Å². The van der Waals surface area contributed by atoms with Gasteiger partial charge in [-0.2, -0.15) is 0 Å². The number of carbonyl (C=O) groups is 1. The van der Waals surface area contributed by atoms with Crippen LogP contribution >= 0.6 is 0 Å². The number of hydrogen-bond donors (Lipinski definition) is 1. The van der Waals surface area contributed by atoms with E-state index >= 15 is 0 Å². The summed E-state index contributed by atoms with van der Waals surface area (Å²) in [4.78, 5) is 17.9. The summed E-state index contributed by atoms with van der Waals surface area (Å²) < 4.78 is 2.07. The van der Waals surface area contributed by atoms with E-state index in [0.29, 0.717) is 0 Å². The van der Waals surface area contributed by atoms with E-state index in [-0.39, 0.29) is 11.9 Å². The summed E-state index contributed by atoms with van der Waals surface area (Å²) in [5.74, 6) is 1.19. The molecular formula is C11H18N4O. The maximum absolute atomic E-state index is 11.8. The molecule has 5 nitrogen and oxygen atoms in total. The van der Waals surface area contributed by atoms with Gasteiger partial charge in [0.1, 0.15) is 5.82 Å². The zero-order valence-corrected chi connectivity index (χ0v) is 9.81. The van der Waals surface area contributed by atoms with E-state index in [2.05, 4.69) is 14.9 Å². The highest BCUT2D eigenvalue weighted by Gasteiger charge is 2.23. The van der Waals surface area contributed by atoms with Gasteiger partial charge < -0.3 is 14.8 Å². The largest absolute Gasteiger partial charge is 0.338 e. The number of piperazine rings is 1. The normalized spacial score (nSPS) is 21.5. The molecule has 0 bridgehead atoms. The van der Waals surface area contributed by atoms with Crippen LogP contribution in [0, 0.1) is 6.92 Å². The van der Waals surface area contributed by atoms with Crippen LogP contribution in [0.2, 0.25) is 0 Å². The van der Waals surface area contributed by atoms with E-state index in [1.807, 2.05) is 24.9 Å². The second-order valence-electron chi connectivity index (χ2n) is 4.17. The minimum atomic E-state index is -0.0439. The summed E-state index contributed by atoms with van der Waals surface area (Å²) in [5.41, 5.74) is 0. The number of amides is 1. The Balaban J connectivity index is 1.90. The quantitative estimate of drug-likeness (QED) is 0.784. The van der Waals surface area contributed by atoms with Crippen molar-refractivity contribution in [3.05, 3.63) is 18.2 Å². The first-order valence-electron chi connectivity index (χ1n) is 5.68. The van der Waals surface area contributed by atoms with Crippen LogP contribution in [0.1, 0.15) is 12.7 Å². The van der Waals surface area contributed by atoms with Gasteiger partial charge in [-0.25, -0.2) is 4.98 Å². The molecule has 0 aliphatic carbocycles. The number of nitrogens with one attached hydrogen (secondary N) is 1. The van der Waals surface area contributed by atoms with Crippen molar-refractivity contribution < 1.29 is 4.79 Å². The number of aromatic nitrogens is 2. The Morgan fingerprint density at radius 2 is 2.38 bits per heavy atom. The molecule has 1 atom stereocenters. The van der Waals surface area contributed by atoms with Crippen molar-refractivity contribution in [2.24, 2.45) is 0 Å². The Labute approximate surface area is 95.5 Å². The van der Waals surface area contributed by atoms with Crippen molar-refractivity contribution in [1.82, 2.24) is 19.8 Å². The second kappa shape index (κ2) is 4.65. The Morgan fingerprint density at radius 3 is 3.06 bits per heavy atom. The Morgan fingerprint density at radius 1 is 1.56 bits per heavy atom.